The zero-order chi connectivity index (χ0) is 8.97. The Bertz CT molecular complexity index is 258. The second kappa shape index (κ2) is 4.41. The number of thiol groups is 1. The maximum atomic E-state index is 9.25. The Balaban J connectivity index is 2.69. The summed E-state index contributed by atoms with van der Waals surface area (Å²) in [6, 6.07) is 5.74. The minimum absolute atomic E-state index is 0.379. The van der Waals surface area contributed by atoms with Crippen molar-refractivity contribution in [3.8, 4) is 5.75 Å². The molecule has 1 rings (SSSR count). The largest absolute Gasteiger partial charge is 0.508 e. The second-order valence-electron chi connectivity index (χ2n) is 2.95. The van der Waals surface area contributed by atoms with Gasteiger partial charge in [-0.2, -0.15) is 12.6 Å². The molecule has 0 radical (unpaired) electrons. The first-order valence-corrected chi connectivity index (χ1v) is 4.76. The number of hydrogen-bond acceptors (Lipinski definition) is 2. The maximum Gasteiger partial charge on any atom is 0.118 e. The molecular weight excluding hydrogens is 168 g/mol. The summed E-state index contributed by atoms with van der Waals surface area (Å²) in [5.41, 5.74) is 2.23. The molecule has 0 spiro atoms. The van der Waals surface area contributed by atoms with E-state index in [4.69, 9.17) is 0 Å². The van der Waals surface area contributed by atoms with Crippen molar-refractivity contribution in [3.05, 3.63) is 29.3 Å². The Hall–Kier alpha value is -0.630. The topological polar surface area (TPSA) is 20.2 Å². The lowest BCUT2D eigenvalue weighted by Gasteiger charge is -2.02. The maximum absolute atomic E-state index is 9.25. The Morgan fingerprint density at radius 3 is 2.75 bits per heavy atom. The molecule has 0 aromatic heterocycles. The first-order valence-electron chi connectivity index (χ1n) is 4.13. The van der Waals surface area contributed by atoms with Crippen LogP contribution in [0.1, 0.15) is 17.5 Å². The molecule has 0 atom stereocenters. The third-order valence-corrected chi connectivity index (χ3v) is 2.20. The van der Waals surface area contributed by atoms with Crippen molar-refractivity contribution in [3.63, 3.8) is 0 Å². The second-order valence-corrected chi connectivity index (χ2v) is 3.40. The van der Waals surface area contributed by atoms with E-state index in [1.807, 2.05) is 19.1 Å². The smallest absolute Gasteiger partial charge is 0.118 e. The van der Waals surface area contributed by atoms with Crippen LogP contribution in [0.25, 0.3) is 0 Å². The highest BCUT2D eigenvalue weighted by atomic mass is 32.1. The van der Waals surface area contributed by atoms with E-state index in [1.54, 1.807) is 6.07 Å². The summed E-state index contributed by atoms with van der Waals surface area (Å²) in [7, 11) is 0. The minimum atomic E-state index is 0.379. The van der Waals surface area contributed by atoms with Crippen molar-refractivity contribution in [1.82, 2.24) is 0 Å². The van der Waals surface area contributed by atoms with Crippen LogP contribution in [0.15, 0.2) is 18.2 Å². The van der Waals surface area contributed by atoms with Gasteiger partial charge in [0.15, 0.2) is 0 Å². The van der Waals surface area contributed by atoms with Gasteiger partial charge in [-0.15, -0.1) is 0 Å². The molecule has 66 valence electrons. The lowest BCUT2D eigenvalue weighted by molar-refractivity contribution is 0.471. The van der Waals surface area contributed by atoms with Crippen molar-refractivity contribution in [1.29, 1.82) is 0 Å². The van der Waals surface area contributed by atoms with Gasteiger partial charge in [0.2, 0.25) is 0 Å². The molecule has 1 nitrogen and oxygen atoms in total. The molecule has 1 aromatic carbocycles. The van der Waals surface area contributed by atoms with E-state index in [9.17, 15) is 5.11 Å². The van der Waals surface area contributed by atoms with Crippen LogP contribution in [-0.4, -0.2) is 10.9 Å². The molecule has 1 N–H and O–H groups in total. The highest BCUT2D eigenvalue weighted by Gasteiger charge is 1.97. The number of rotatable bonds is 3. The average molecular weight is 182 g/mol. The summed E-state index contributed by atoms with van der Waals surface area (Å²) in [4.78, 5) is 0. The third kappa shape index (κ3) is 2.45. The molecule has 12 heavy (non-hydrogen) atoms. The number of phenolic OH excluding ortho intramolecular Hbond substituents is 1. The molecule has 0 unspecified atom stereocenters. The molecule has 2 heteroatoms. The Kier molecular flexibility index (Phi) is 3.48. The van der Waals surface area contributed by atoms with Crippen LogP contribution in [0.3, 0.4) is 0 Å². The van der Waals surface area contributed by atoms with E-state index in [0.29, 0.717) is 5.75 Å². The van der Waals surface area contributed by atoms with Gasteiger partial charge in [0.1, 0.15) is 5.75 Å². The summed E-state index contributed by atoms with van der Waals surface area (Å²) in [5.74, 6) is 1.30. The summed E-state index contributed by atoms with van der Waals surface area (Å²) in [6.07, 6.45) is 2.14. The Labute approximate surface area is 78.8 Å². The van der Waals surface area contributed by atoms with Gasteiger partial charge in [-0.1, -0.05) is 12.1 Å². The fourth-order valence-electron chi connectivity index (χ4n) is 1.16. The minimum Gasteiger partial charge on any atom is -0.508 e. The molecule has 0 saturated carbocycles. The van der Waals surface area contributed by atoms with Gasteiger partial charge in [-0.3, -0.25) is 0 Å². The molecular formula is C10H14OS. The molecule has 0 aliphatic carbocycles. The van der Waals surface area contributed by atoms with Crippen molar-refractivity contribution in [2.75, 3.05) is 5.75 Å². The van der Waals surface area contributed by atoms with Gasteiger partial charge in [0.25, 0.3) is 0 Å². The van der Waals surface area contributed by atoms with E-state index < -0.39 is 0 Å². The normalized spacial score (nSPS) is 10.2. The zero-order valence-electron chi connectivity index (χ0n) is 7.25. The Morgan fingerprint density at radius 2 is 2.17 bits per heavy atom. The van der Waals surface area contributed by atoms with E-state index in [1.165, 1.54) is 5.56 Å². The van der Waals surface area contributed by atoms with Gasteiger partial charge in [0.05, 0.1) is 0 Å². The number of hydrogen-bond donors (Lipinski definition) is 2. The molecule has 0 heterocycles. The van der Waals surface area contributed by atoms with Gasteiger partial charge in [-0.05, 0) is 42.7 Å². The molecule has 1 aromatic rings. The molecule has 0 fully saturated rings. The van der Waals surface area contributed by atoms with Crippen LogP contribution in [0, 0.1) is 6.92 Å². The SMILES string of the molecule is Cc1cc(CCCS)ccc1O. The first-order chi connectivity index (χ1) is 5.74. The predicted octanol–water partition coefficient (Wildman–Crippen LogP) is 2.56. The van der Waals surface area contributed by atoms with E-state index in [-0.39, 0.29) is 0 Å². The van der Waals surface area contributed by atoms with Crippen LogP contribution in [0.2, 0.25) is 0 Å². The standard InChI is InChI=1S/C10H14OS/c1-8-7-9(3-2-6-12)4-5-10(8)11/h4-5,7,11-12H,2-3,6H2,1H3. The predicted molar refractivity (Wildman–Crippen MR) is 55.0 cm³/mol. The number of aryl methyl sites for hydroxylation is 2. The molecule has 0 amide bonds. The van der Waals surface area contributed by atoms with Gasteiger partial charge in [0, 0.05) is 0 Å². The van der Waals surface area contributed by atoms with Gasteiger partial charge >= 0.3 is 0 Å². The summed E-state index contributed by atoms with van der Waals surface area (Å²) in [5, 5.41) is 9.25. The van der Waals surface area contributed by atoms with Crippen LogP contribution in [-0.2, 0) is 6.42 Å². The quantitative estimate of drug-likeness (QED) is 0.688. The first kappa shape index (κ1) is 9.46. The monoisotopic (exact) mass is 182 g/mol. The highest BCUT2D eigenvalue weighted by Crippen LogP contribution is 2.17. The van der Waals surface area contributed by atoms with Crippen molar-refractivity contribution < 1.29 is 5.11 Å². The fraction of sp³-hybridized carbons (Fsp3) is 0.400. The van der Waals surface area contributed by atoms with E-state index >= 15 is 0 Å². The average Bonchev–Trinajstić information content (AvgIpc) is 2.07. The van der Waals surface area contributed by atoms with Gasteiger partial charge < -0.3 is 5.11 Å². The fourth-order valence-corrected chi connectivity index (χ4v) is 1.31. The Morgan fingerprint density at radius 1 is 1.42 bits per heavy atom. The van der Waals surface area contributed by atoms with Crippen LogP contribution < -0.4 is 0 Å². The number of benzene rings is 1. The summed E-state index contributed by atoms with van der Waals surface area (Å²) < 4.78 is 0. The lowest BCUT2D eigenvalue weighted by atomic mass is 10.1. The van der Waals surface area contributed by atoms with Crippen LogP contribution in [0.4, 0.5) is 0 Å². The molecule has 0 bridgehead atoms. The van der Waals surface area contributed by atoms with E-state index in [2.05, 4.69) is 12.6 Å². The number of aromatic hydroxyl groups is 1. The molecule has 0 aliphatic heterocycles. The molecule has 0 aliphatic rings. The van der Waals surface area contributed by atoms with Crippen molar-refractivity contribution in [2.24, 2.45) is 0 Å². The third-order valence-electron chi connectivity index (χ3n) is 1.88. The number of phenols is 1. The van der Waals surface area contributed by atoms with Crippen molar-refractivity contribution >= 4 is 12.6 Å². The summed E-state index contributed by atoms with van der Waals surface area (Å²) >= 11 is 4.15. The lowest BCUT2D eigenvalue weighted by Crippen LogP contribution is -1.87. The highest BCUT2D eigenvalue weighted by molar-refractivity contribution is 7.80. The molecule has 0 saturated heterocycles. The van der Waals surface area contributed by atoms with Crippen molar-refractivity contribution in [2.45, 2.75) is 19.8 Å². The van der Waals surface area contributed by atoms with Crippen LogP contribution in [0.5, 0.6) is 5.75 Å². The zero-order valence-corrected chi connectivity index (χ0v) is 8.14. The van der Waals surface area contributed by atoms with Gasteiger partial charge in [-0.25, -0.2) is 0 Å². The van der Waals surface area contributed by atoms with Crippen LogP contribution >= 0.6 is 12.6 Å². The summed E-state index contributed by atoms with van der Waals surface area (Å²) in [6.45, 7) is 1.92. The van der Waals surface area contributed by atoms with E-state index in [0.717, 1.165) is 24.2 Å².